The Morgan fingerprint density at radius 1 is 1.14 bits per heavy atom. The molecule has 0 spiro atoms. The zero-order valence-electron chi connectivity index (χ0n) is 17.3. The van der Waals surface area contributed by atoms with Crippen LogP contribution in [0.5, 0.6) is 0 Å². The van der Waals surface area contributed by atoms with Crippen molar-refractivity contribution >= 4 is 18.2 Å². The summed E-state index contributed by atoms with van der Waals surface area (Å²) in [5, 5.41) is 2.87. The normalized spacial score (nSPS) is 10.8. The van der Waals surface area contributed by atoms with Crippen molar-refractivity contribution in [2.75, 3.05) is 32.8 Å². The van der Waals surface area contributed by atoms with Gasteiger partial charge in [-0.05, 0) is 25.6 Å². The average Bonchev–Trinajstić information content (AvgIpc) is 3.10. The molecular formula is C22H29N3O4. The van der Waals surface area contributed by atoms with Gasteiger partial charge in [-0.3, -0.25) is 9.59 Å². The Hall–Kier alpha value is -2.93. The van der Waals surface area contributed by atoms with E-state index < -0.39 is 5.97 Å². The van der Waals surface area contributed by atoms with Gasteiger partial charge in [0.15, 0.2) is 6.29 Å². The number of likely N-dealkylation sites (N-methyl/N-ethyl adjacent to an activating group) is 1. The Morgan fingerprint density at radius 3 is 2.41 bits per heavy atom. The number of carbonyl (C=O) groups is 3. The third kappa shape index (κ3) is 5.77. The Bertz CT molecular complexity index is 826. The summed E-state index contributed by atoms with van der Waals surface area (Å²) in [7, 11) is 0. The smallest absolute Gasteiger partial charge is 0.340 e. The van der Waals surface area contributed by atoms with E-state index in [1.165, 1.54) is 0 Å². The van der Waals surface area contributed by atoms with Crippen LogP contribution < -0.4 is 5.32 Å². The van der Waals surface area contributed by atoms with Crippen molar-refractivity contribution in [2.24, 2.45) is 0 Å². The van der Waals surface area contributed by atoms with Crippen molar-refractivity contribution in [3.8, 4) is 11.1 Å². The first-order valence-corrected chi connectivity index (χ1v) is 9.97. The fourth-order valence-electron chi connectivity index (χ4n) is 3.24. The molecule has 0 unspecified atom stereocenters. The lowest BCUT2D eigenvalue weighted by Crippen LogP contribution is -2.35. The molecule has 0 saturated carbocycles. The highest BCUT2D eigenvalue weighted by molar-refractivity contribution is 6.04. The number of hydrogen-bond acceptors (Lipinski definition) is 5. The number of H-pyrrole nitrogens is 1. The van der Waals surface area contributed by atoms with Gasteiger partial charge in [0.2, 0.25) is 5.91 Å². The molecule has 2 N–H and O–H groups in total. The van der Waals surface area contributed by atoms with Crippen LogP contribution in [-0.4, -0.2) is 60.8 Å². The number of carbonyl (C=O) groups excluding carboxylic acids is 3. The van der Waals surface area contributed by atoms with E-state index in [2.05, 4.69) is 29.0 Å². The van der Waals surface area contributed by atoms with E-state index in [9.17, 15) is 14.4 Å². The maximum Gasteiger partial charge on any atom is 0.340 e. The highest BCUT2D eigenvalue weighted by Crippen LogP contribution is 2.30. The number of aromatic amines is 1. The number of aldehydes is 1. The van der Waals surface area contributed by atoms with E-state index in [1.807, 2.05) is 30.3 Å². The quantitative estimate of drug-likeness (QED) is 0.448. The molecule has 156 valence electrons. The molecule has 2 rings (SSSR count). The highest BCUT2D eigenvalue weighted by atomic mass is 16.5. The van der Waals surface area contributed by atoms with Crippen LogP contribution in [-0.2, 0) is 16.0 Å². The number of benzene rings is 1. The van der Waals surface area contributed by atoms with E-state index in [0.29, 0.717) is 29.7 Å². The molecule has 7 nitrogen and oxygen atoms in total. The summed E-state index contributed by atoms with van der Waals surface area (Å²) >= 11 is 0. The number of esters is 1. The SMILES string of the molecule is CCOC(=O)c1c(CC(=O)NCCN(CC)CC)[nH]c(C=O)c1-c1ccccc1. The first-order valence-electron chi connectivity index (χ1n) is 9.97. The van der Waals surface area contributed by atoms with Gasteiger partial charge in [0, 0.05) is 24.3 Å². The molecule has 1 aromatic carbocycles. The second kappa shape index (κ2) is 11.2. The third-order valence-electron chi connectivity index (χ3n) is 4.75. The van der Waals surface area contributed by atoms with E-state index >= 15 is 0 Å². The first-order chi connectivity index (χ1) is 14.0. The lowest BCUT2D eigenvalue weighted by molar-refractivity contribution is -0.120. The monoisotopic (exact) mass is 399 g/mol. The minimum absolute atomic E-state index is 0.0416. The minimum atomic E-state index is -0.554. The number of hydrogen-bond donors (Lipinski definition) is 2. The molecule has 1 heterocycles. The summed E-state index contributed by atoms with van der Waals surface area (Å²) in [6, 6.07) is 9.13. The maximum absolute atomic E-state index is 12.7. The Balaban J connectivity index is 2.29. The minimum Gasteiger partial charge on any atom is -0.462 e. The second-order valence-electron chi connectivity index (χ2n) is 6.53. The van der Waals surface area contributed by atoms with Gasteiger partial charge in [0.25, 0.3) is 0 Å². The molecule has 0 fully saturated rings. The molecule has 1 aromatic heterocycles. The fourth-order valence-corrected chi connectivity index (χ4v) is 3.24. The van der Waals surface area contributed by atoms with Crippen LogP contribution >= 0.6 is 0 Å². The zero-order valence-corrected chi connectivity index (χ0v) is 17.3. The Kier molecular flexibility index (Phi) is 8.61. The second-order valence-corrected chi connectivity index (χ2v) is 6.53. The van der Waals surface area contributed by atoms with E-state index in [1.54, 1.807) is 6.92 Å². The van der Waals surface area contributed by atoms with Crippen LogP contribution in [0.2, 0.25) is 0 Å². The molecular weight excluding hydrogens is 370 g/mol. The first kappa shape index (κ1) is 22.4. The van der Waals surface area contributed by atoms with E-state index in [0.717, 1.165) is 19.6 Å². The molecule has 0 aliphatic heterocycles. The van der Waals surface area contributed by atoms with Crippen LogP contribution in [0, 0.1) is 0 Å². The molecule has 0 saturated heterocycles. The summed E-state index contributed by atoms with van der Waals surface area (Å²) in [5.41, 5.74) is 2.04. The number of rotatable bonds is 11. The highest BCUT2D eigenvalue weighted by Gasteiger charge is 2.26. The van der Waals surface area contributed by atoms with Gasteiger partial charge in [-0.15, -0.1) is 0 Å². The summed E-state index contributed by atoms with van der Waals surface area (Å²) in [5.74, 6) is -0.775. The van der Waals surface area contributed by atoms with Crippen molar-refractivity contribution < 1.29 is 19.1 Å². The standard InChI is InChI=1S/C22H29N3O4/c1-4-25(5-2)13-12-23-19(27)14-17-21(22(28)29-6-3)20(18(15-26)24-17)16-10-8-7-9-11-16/h7-11,15,24H,4-6,12-14H2,1-3H3,(H,23,27). The average molecular weight is 399 g/mol. The van der Waals surface area contributed by atoms with Crippen LogP contribution in [0.4, 0.5) is 0 Å². The number of ether oxygens (including phenoxy) is 1. The molecule has 1 amide bonds. The summed E-state index contributed by atoms with van der Waals surface area (Å²) in [6.07, 6.45) is 0.618. The van der Waals surface area contributed by atoms with Crippen molar-refractivity contribution in [2.45, 2.75) is 27.2 Å². The number of aromatic nitrogens is 1. The predicted molar refractivity (Wildman–Crippen MR) is 112 cm³/mol. The molecule has 7 heteroatoms. The molecule has 2 aromatic rings. The topological polar surface area (TPSA) is 91.5 Å². The van der Waals surface area contributed by atoms with Crippen molar-refractivity contribution in [1.29, 1.82) is 0 Å². The molecule has 29 heavy (non-hydrogen) atoms. The largest absolute Gasteiger partial charge is 0.462 e. The van der Waals surface area contributed by atoms with Gasteiger partial charge in [0.05, 0.1) is 24.3 Å². The van der Waals surface area contributed by atoms with Gasteiger partial charge < -0.3 is 19.9 Å². The van der Waals surface area contributed by atoms with Crippen molar-refractivity contribution in [3.63, 3.8) is 0 Å². The number of nitrogens with zero attached hydrogens (tertiary/aromatic N) is 1. The molecule has 0 aliphatic carbocycles. The molecule has 0 radical (unpaired) electrons. The zero-order chi connectivity index (χ0) is 21.2. The predicted octanol–water partition coefficient (Wildman–Crippen LogP) is 2.67. The Morgan fingerprint density at radius 2 is 1.83 bits per heavy atom. The summed E-state index contributed by atoms with van der Waals surface area (Å²) in [6.45, 7) is 9.16. The van der Waals surface area contributed by atoms with Crippen LogP contribution in [0.25, 0.3) is 11.1 Å². The van der Waals surface area contributed by atoms with Gasteiger partial charge in [-0.2, -0.15) is 0 Å². The van der Waals surface area contributed by atoms with Crippen LogP contribution in [0.15, 0.2) is 30.3 Å². The Labute approximate surface area is 171 Å². The molecule has 0 bridgehead atoms. The lowest BCUT2D eigenvalue weighted by Gasteiger charge is -2.17. The van der Waals surface area contributed by atoms with Gasteiger partial charge in [0.1, 0.15) is 0 Å². The lowest BCUT2D eigenvalue weighted by atomic mass is 9.99. The summed E-state index contributed by atoms with van der Waals surface area (Å²) < 4.78 is 5.20. The van der Waals surface area contributed by atoms with Gasteiger partial charge in [-0.1, -0.05) is 44.2 Å². The molecule has 0 aliphatic rings. The van der Waals surface area contributed by atoms with E-state index in [-0.39, 0.29) is 30.2 Å². The van der Waals surface area contributed by atoms with Crippen molar-refractivity contribution in [1.82, 2.24) is 15.2 Å². The van der Waals surface area contributed by atoms with Crippen LogP contribution in [0.3, 0.4) is 0 Å². The third-order valence-corrected chi connectivity index (χ3v) is 4.75. The van der Waals surface area contributed by atoms with Crippen molar-refractivity contribution in [3.05, 3.63) is 47.3 Å². The summed E-state index contributed by atoms with van der Waals surface area (Å²) in [4.78, 5) is 41.9. The van der Waals surface area contributed by atoms with E-state index in [4.69, 9.17) is 4.74 Å². The number of amides is 1. The fraction of sp³-hybridized carbons (Fsp3) is 0.409. The number of nitrogens with one attached hydrogen (secondary N) is 2. The van der Waals surface area contributed by atoms with Gasteiger partial charge >= 0.3 is 5.97 Å². The molecule has 0 atom stereocenters. The van der Waals surface area contributed by atoms with Gasteiger partial charge in [-0.25, -0.2) is 4.79 Å². The maximum atomic E-state index is 12.7. The van der Waals surface area contributed by atoms with Crippen LogP contribution in [0.1, 0.15) is 47.3 Å².